The van der Waals surface area contributed by atoms with Crippen LogP contribution in [0.3, 0.4) is 0 Å². The van der Waals surface area contributed by atoms with E-state index in [9.17, 15) is 4.39 Å². The maximum Gasteiger partial charge on any atom is 0.171 e. The van der Waals surface area contributed by atoms with Crippen LogP contribution in [0, 0.1) is 5.82 Å². The van der Waals surface area contributed by atoms with Crippen molar-refractivity contribution in [2.45, 2.75) is 13.0 Å². The number of aromatic nitrogens is 3. The van der Waals surface area contributed by atoms with Crippen LogP contribution in [-0.4, -0.2) is 38.8 Å². The maximum atomic E-state index is 14.6. The molecule has 0 aliphatic carbocycles. The standard InChI is InChI=1S/C25H19ClFN4/c1-15-8-18(14-31(15)2)16-9-17(13-28-12-16)21-11-24(22-10-19(26)5-6-23(22)27)30-25-20(21)4-3-7-29-25/h3-15H,1-2H3/q+1. The molecular weight excluding hydrogens is 411 g/mol. The summed E-state index contributed by atoms with van der Waals surface area (Å²) in [6.07, 6.45) is 9.68. The smallest absolute Gasteiger partial charge is 0.171 e. The van der Waals surface area contributed by atoms with Gasteiger partial charge in [-0.2, -0.15) is 0 Å². The molecule has 3 aromatic heterocycles. The predicted molar refractivity (Wildman–Crippen MR) is 123 cm³/mol. The highest BCUT2D eigenvalue weighted by atomic mass is 35.5. The minimum absolute atomic E-state index is 0.335. The lowest BCUT2D eigenvalue weighted by molar-refractivity contribution is -0.512. The van der Waals surface area contributed by atoms with Crippen molar-refractivity contribution < 1.29 is 8.97 Å². The average molecular weight is 430 g/mol. The van der Waals surface area contributed by atoms with Crippen molar-refractivity contribution in [3.05, 3.63) is 83.5 Å². The van der Waals surface area contributed by atoms with Crippen LogP contribution in [0.2, 0.25) is 5.02 Å². The minimum Gasteiger partial charge on any atom is -0.263 e. The van der Waals surface area contributed by atoms with Gasteiger partial charge in [0.25, 0.3) is 0 Å². The molecule has 0 N–H and O–H groups in total. The summed E-state index contributed by atoms with van der Waals surface area (Å²) in [6.45, 7) is 2.15. The summed E-state index contributed by atoms with van der Waals surface area (Å²) < 4.78 is 16.7. The van der Waals surface area contributed by atoms with Crippen LogP contribution in [-0.2, 0) is 0 Å². The van der Waals surface area contributed by atoms with Crippen LogP contribution in [0.25, 0.3) is 39.0 Å². The van der Waals surface area contributed by atoms with Crippen molar-refractivity contribution >= 4 is 34.4 Å². The second-order valence-electron chi connectivity index (χ2n) is 7.67. The molecule has 0 spiro atoms. The zero-order chi connectivity index (χ0) is 21.5. The Labute approximate surface area is 184 Å². The first kappa shape index (κ1) is 19.5. The Kier molecular flexibility index (Phi) is 4.83. The first-order chi connectivity index (χ1) is 15.0. The van der Waals surface area contributed by atoms with E-state index < -0.39 is 0 Å². The molecule has 1 atom stereocenters. The van der Waals surface area contributed by atoms with E-state index in [1.165, 1.54) is 12.1 Å². The van der Waals surface area contributed by atoms with Crippen LogP contribution in [0.15, 0.2) is 67.1 Å². The fourth-order valence-corrected chi connectivity index (χ4v) is 3.97. The third-order valence-corrected chi connectivity index (χ3v) is 5.81. The Morgan fingerprint density at radius 1 is 1.03 bits per heavy atom. The molecule has 6 heteroatoms. The van der Waals surface area contributed by atoms with Crippen LogP contribution in [0.5, 0.6) is 0 Å². The molecule has 0 saturated carbocycles. The van der Waals surface area contributed by atoms with Crippen molar-refractivity contribution in [3.63, 3.8) is 0 Å². The molecule has 0 amide bonds. The molecule has 152 valence electrons. The Balaban J connectivity index is 1.71. The zero-order valence-electron chi connectivity index (χ0n) is 17.1. The van der Waals surface area contributed by atoms with Gasteiger partial charge in [-0.1, -0.05) is 11.6 Å². The number of nitrogens with zero attached hydrogens (tertiary/aromatic N) is 4. The van der Waals surface area contributed by atoms with Gasteiger partial charge >= 0.3 is 0 Å². The molecule has 5 rings (SSSR count). The molecule has 4 heterocycles. The molecule has 1 aromatic carbocycles. The van der Waals surface area contributed by atoms with E-state index in [4.69, 9.17) is 11.6 Å². The third-order valence-electron chi connectivity index (χ3n) is 5.58. The monoisotopic (exact) mass is 429 g/mol. The van der Waals surface area contributed by atoms with E-state index >= 15 is 0 Å². The molecule has 0 radical (unpaired) electrons. The molecule has 31 heavy (non-hydrogen) atoms. The van der Waals surface area contributed by atoms with Crippen LogP contribution < -0.4 is 0 Å². The van der Waals surface area contributed by atoms with Gasteiger partial charge in [0.15, 0.2) is 17.9 Å². The molecule has 4 nitrogen and oxygen atoms in total. The number of benzene rings is 1. The number of fused-ring (bicyclic) bond motifs is 1. The molecule has 1 unspecified atom stereocenters. The minimum atomic E-state index is -0.382. The first-order valence-electron chi connectivity index (χ1n) is 9.95. The number of halogens is 2. The van der Waals surface area contributed by atoms with Gasteiger partial charge in [-0.25, -0.2) is 18.9 Å². The Morgan fingerprint density at radius 3 is 2.68 bits per heavy atom. The summed E-state index contributed by atoms with van der Waals surface area (Å²) in [7, 11) is 2.05. The molecule has 1 aliphatic rings. The highest BCUT2D eigenvalue weighted by molar-refractivity contribution is 6.30. The number of hydrogen-bond donors (Lipinski definition) is 0. The summed E-state index contributed by atoms with van der Waals surface area (Å²) >= 11 is 6.13. The summed E-state index contributed by atoms with van der Waals surface area (Å²) in [6, 6.07) is 12.6. The average Bonchev–Trinajstić information content (AvgIpc) is 3.13. The van der Waals surface area contributed by atoms with E-state index in [1.54, 1.807) is 12.3 Å². The molecule has 4 aromatic rings. The van der Waals surface area contributed by atoms with E-state index in [0.717, 1.165) is 27.6 Å². The third kappa shape index (κ3) is 3.62. The van der Waals surface area contributed by atoms with Gasteiger partial charge < -0.3 is 0 Å². The number of rotatable bonds is 3. The van der Waals surface area contributed by atoms with Gasteiger partial charge in [-0.3, -0.25) is 4.98 Å². The van der Waals surface area contributed by atoms with E-state index in [2.05, 4.69) is 51.9 Å². The lowest BCUT2D eigenvalue weighted by Gasteiger charge is -2.11. The molecule has 0 saturated heterocycles. The van der Waals surface area contributed by atoms with Gasteiger partial charge in [0.1, 0.15) is 12.9 Å². The Morgan fingerprint density at radius 2 is 1.87 bits per heavy atom. The van der Waals surface area contributed by atoms with E-state index in [-0.39, 0.29) is 5.82 Å². The highest BCUT2D eigenvalue weighted by Crippen LogP contribution is 2.34. The summed E-state index contributed by atoms with van der Waals surface area (Å²) in [5.74, 6) is -0.382. The van der Waals surface area contributed by atoms with Crippen LogP contribution in [0.4, 0.5) is 4.39 Å². The van der Waals surface area contributed by atoms with E-state index in [0.29, 0.717) is 28.0 Å². The normalized spacial score (nSPS) is 15.8. The molecule has 0 bridgehead atoms. The van der Waals surface area contributed by atoms with Crippen molar-refractivity contribution in [1.82, 2.24) is 15.0 Å². The van der Waals surface area contributed by atoms with Crippen LogP contribution in [0.1, 0.15) is 12.5 Å². The fourth-order valence-electron chi connectivity index (χ4n) is 3.80. The zero-order valence-corrected chi connectivity index (χ0v) is 17.8. The van der Waals surface area contributed by atoms with E-state index in [1.807, 2.05) is 30.6 Å². The van der Waals surface area contributed by atoms with Crippen molar-refractivity contribution in [3.8, 4) is 22.4 Å². The molecule has 1 aliphatic heterocycles. The first-order valence-corrected chi connectivity index (χ1v) is 10.3. The predicted octanol–water partition coefficient (Wildman–Crippen LogP) is 5.65. The summed E-state index contributed by atoms with van der Waals surface area (Å²) in [5.41, 5.74) is 5.32. The second kappa shape index (κ2) is 7.67. The van der Waals surface area contributed by atoms with Crippen molar-refractivity contribution in [2.75, 3.05) is 7.05 Å². The van der Waals surface area contributed by atoms with Crippen molar-refractivity contribution in [1.29, 1.82) is 0 Å². The number of hydrogen-bond acceptors (Lipinski definition) is 3. The largest absolute Gasteiger partial charge is 0.263 e. The number of allylic oxidation sites excluding steroid dienone is 1. The quantitative estimate of drug-likeness (QED) is 0.395. The molecular formula is C25H19ClFN4+. The summed E-state index contributed by atoms with van der Waals surface area (Å²) in [4.78, 5) is 13.5. The number of pyridine rings is 3. The SMILES string of the molecule is CC1C=C(c2cncc(-c3cc(-c4cc(Cl)ccc4F)nc4ncccc34)c2)C=[N+]1C. The maximum absolute atomic E-state index is 14.6. The van der Waals surface area contributed by atoms with Crippen molar-refractivity contribution in [2.24, 2.45) is 0 Å². The Bertz CT molecular complexity index is 1390. The van der Waals surface area contributed by atoms with Gasteiger partial charge in [-0.15, -0.1) is 0 Å². The molecule has 0 fully saturated rings. The Hall–Kier alpha value is -3.44. The second-order valence-corrected chi connectivity index (χ2v) is 8.11. The lowest BCUT2D eigenvalue weighted by atomic mass is 9.98. The topological polar surface area (TPSA) is 41.7 Å². The fraction of sp³-hybridized carbons (Fsp3) is 0.120. The van der Waals surface area contributed by atoms with Gasteiger partial charge in [0.2, 0.25) is 0 Å². The highest BCUT2D eigenvalue weighted by Gasteiger charge is 2.20. The summed E-state index contributed by atoms with van der Waals surface area (Å²) in [5, 5.41) is 1.33. The van der Waals surface area contributed by atoms with Gasteiger partial charge in [0.05, 0.1) is 5.69 Å². The number of likely N-dealkylation sites (N-methyl/N-ethyl adjacent to an activating group) is 1. The van der Waals surface area contributed by atoms with Gasteiger partial charge in [0, 0.05) is 58.2 Å². The van der Waals surface area contributed by atoms with Crippen LogP contribution >= 0.6 is 11.6 Å². The lowest BCUT2D eigenvalue weighted by Crippen LogP contribution is -2.11. The van der Waals surface area contributed by atoms with Gasteiger partial charge in [-0.05, 0) is 54.1 Å².